The molecule has 0 aliphatic rings. The quantitative estimate of drug-likeness (QED) is 0.838. The van der Waals surface area contributed by atoms with Crippen molar-refractivity contribution in [3.8, 4) is 0 Å². The monoisotopic (exact) mass is 324 g/mol. The molecule has 8 heteroatoms. The molecule has 2 rings (SSSR count). The van der Waals surface area contributed by atoms with E-state index in [4.69, 9.17) is 14.9 Å². The summed E-state index contributed by atoms with van der Waals surface area (Å²) in [6.45, 7) is 3.15. The fraction of sp³-hybridized carbons (Fsp3) is 0.286. The van der Waals surface area contributed by atoms with E-state index in [1.807, 2.05) is 0 Å². The molecule has 0 bridgehead atoms. The largest absolute Gasteiger partial charge is 0.475 e. The Balaban J connectivity index is 2.85. The molecule has 0 amide bonds. The second-order valence-electron chi connectivity index (χ2n) is 5.08. The molecule has 22 heavy (non-hydrogen) atoms. The number of hydrogen-bond donors (Lipinski definition) is 2. The Hall–Kier alpha value is -2.35. The number of carbonyl (C=O) groups is 1. The molecule has 0 aliphatic heterocycles. The summed E-state index contributed by atoms with van der Waals surface area (Å²) in [5.41, 5.74) is 1.56. The van der Waals surface area contributed by atoms with Crippen molar-refractivity contribution in [1.82, 2.24) is 0 Å². The van der Waals surface area contributed by atoms with Crippen molar-refractivity contribution in [1.29, 1.82) is 5.41 Å². The van der Waals surface area contributed by atoms with Crippen molar-refractivity contribution < 1.29 is 22.7 Å². The Bertz CT molecular complexity index is 896. The third-order valence-electron chi connectivity index (χ3n) is 3.49. The first-order chi connectivity index (χ1) is 10.0. The van der Waals surface area contributed by atoms with E-state index < -0.39 is 16.0 Å². The maximum Gasteiger partial charge on any atom is 0.372 e. The molecule has 0 saturated carbocycles. The first-order valence-corrected chi connectivity index (χ1v) is 8.18. The third kappa shape index (κ3) is 2.57. The summed E-state index contributed by atoms with van der Waals surface area (Å²) >= 11 is 0. The lowest BCUT2D eigenvalue weighted by atomic mass is 10.0. The minimum Gasteiger partial charge on any atom is -0.475 e. The predicted molar refractivity (Wildman–Crippen MR) is 83.7 cm³/mol. The molecule has 1 aromatic heterocycles. The van der Waals surface area contributed by atoms with Crippen LogP contribution in [-0.4, -0.2) is 38.5 Å². The summed E-state index contributed by atoms with van der Waals surface area (Å²) in [4.78, 5) is 11.1. The highest BCUT2D eigenvalue weighted by Crippen LogP contribution is 2.33. The van der Waals surface area contributed by atoms with Crippen LogP contribution in [0.5, 0.6) is 0 Å². The maximum absolute atomic E-state index is 11.8. The summed E-state index contributed by atoms with van der Waals surface area (Å²) in [6, 6.07) is 3.03. The van der Waals surface area contributed by atoms with Crippen LogP contribution in [0.1, 0.15) is 28.6 Å². The molecular formula is C14H16N2O5S. The van der Waals surface area contributed by atoms with Gasteiger partial charge >= 0.3 is 5.97 Å². The fourth-order valence-corrected chi connectivity index (χ4v) is 2.71. The van der Waals surface area contributed by atoms with E-state index in [2.05, 4.69) is 0 Å². The van der Waals surface area contributed by atoms with Crippen molar-refractivity contribution in [2.24, 2.45) is 0 Å². The maximum atomic E-state index is 11.8. The molecule has 0 unspecified atom stereocenters. The molecule has 0 aliphatic carbocycles. The molecule has 0 fully saturated rings. The zero-order valence-electron chi connectivity index (χ0n) is 12.6. The van der Waals surface area contributed by atoms with Gasteiger partial charge in [-0.3, -0.25) is 4.31 Å². The predicted octanol–water partition coefficient (Wildman–Crippen LogP) is 2.22. The summed E-state index contributed by atoms with van der Waals surface area (Å²) in [5, 5.41) is 17.5. The molecular weight excluding hydrogens is 308 g/mol. The van der Waals surface area contributed by atoms with E-state index in [0.717, 1.165) is 10.6 Å². The van der Waals surface area contributed by atoms with Crippen LogP contribution in [0.25, 0.3) is 11.0 Å². The number of carboxylic acid groups (broad SMARTS) is 1. The Labute approximate surface area is 127 Å². The van der Waals surface area contributed by atoms with Gasteiger partial charge in [0.1, 0.15) is 5.58 Å². The lowest BCUT2D eigenvalue weighted by Gasteiger charge is -2.20. The lowest BCUT2D eigenvalue weighted by Crippen LogP contribution is -2.26. The molecule has 2 aromatic rings. The summed E-state index contributed by atoms with van der Waals surface area (Å²) in [6.07, 6.45) is 1.05. The number of nitrogens with zero attached hydrogens (tertiary/aromatic N) is 1. The number of sulfonamides is 1. The van der Waals surface area contributed by atoms with Crippen LogP contribution in [-0.2, 0) is 10.0 Å². The van der Waals surface area contributed by atoms with Gasteiger partial charge in [-0.05, 0) is 19.9 Å². The van der Waals surface area contributed by atoms with Crippen LogP contribution in [0.3, 0.4) is 0 Å². The average molecular weight is 324 g/mol. The normalized spacial score (nSPS) is 11.6. The highest BCUT2D eigenvalue weighted by molar-refractivity contribution is 7.92. The molecule has 1 aromatic carbocycles. The van der Waals surface area contributed by atoms with Crippen LogP contribution in [0.2, 0.25) is 0 Å². The number of nitrogens with one attached hydrogen (secondary N) is 1. The zero-order valence-corrected chi connectivity index (χ0v) is 13.4. The van der Waals surface area contributed by atoms with E-state index in [1.54, 1.807) is 13.0 Å². The number of benzene rings is 1. The summed E-state index contributed by atoms with van der Waals surface area (Å²) in [5.74, 6) is -1.39. The van der Waals surface area contributed by atoms with Crippen molar-refractivity contribution in [2.45, 2.75) is 13.8 Å². The van der Waals surface area contributed by atoms with E-state index in [-0.39, 0.29) is 22.7 Å². The van der Waals surface area contributed by atoms with Crippen LogP contribution in [0, 0.1) is 12.3 Å². The first-order valence-electron chi connectivity index (χ1n) is 6.34. The van der Waals surface area contributed by atoms with Crippen LogP contribution >= 0.6 is 0 Å². The van der Waals surface area contributed by atoms with Crippen molar-refractivity contribution in [2.75, 3.05) is 17.6 Å². The van der Waals surface area contributed by atoms with Crippen LogP contribution in [0.4, 0.5) is 5.69 Å². The highest BCUT2D eigenvalue weighted by Gasteiger charge is 2.22. The summed E-state index contributed by atoms with van der Waals surface area (Å²) in [7, 11) is -2.15. The van der Waals surface area contributed by atoms with E-state index >= 15 is 0 Å². The van der Waals surface area contributed by atoms with Crippen molar-refractivity contribution in [3.63, 3.8) is 0 Å². The van der Waals surface area contributed by atoms with Crippen molar-refractivity contribution >= 4 is 38.4 Å². The van der Waals surface area contributed by atoms with Gasteiger partial charge < -0.3 is 14.9 Å². The molecule has 2 N–H and O–H groups in total. The fourth-order valence-electron chi connectivity index (χ4n) is 2.20. The zero-order chi connectivity index (χ0) is 16.8. The van der Waals surface area contributed by atoms with Gasteiger partial charge in [-0.2, -0.15) is 0 Å². The molecule has 1 heterocycles. The second-order valence-corrected chi connectivity index (χ2v) is 7.10. The molecule has 0 atom stereocenters. The third-order valence-corrected chi connectivity index (χ3v) is 4.68. The number of carboxylic acids is 1. The number of anilines is 1. The number of rotatable bonds is 4. The van der Waals surface area contributed by atoms with Gasteiger partial charge in [-0.15, -0.1) is 0 Å². The average Bonchev–Trinajstić information content (AvgIpc) is 2.72. The first kappa shape index (κ1) is 16.0. The van der Waals surface area contributed by atoms with Gasteiger partial charge in [-0.1, -0.05) is 0 Å². The molecule has 0 radical (unpaired) electrons. The topological polar surface area (TPSA) is 112 Å². The van der Waals surface area contributed by atoms with Gasteiger partial charge in [0, 0.05) is 35.3 Å². The van der Waals surface area contributed by atoms with Gasteiger partial charge in [0.05, 0.1) is 11.9 Å². The van der Waals surface area contributed by atoms with Crippen LogP contribution in [0.15, 0.2) is 16.5 Å². The Morgan fingerprint density at radius 1 is 1.36 bits per heavy atom. The second kappa shape index (κ2) is 5.13. The SMILES string of the molecule is CC(=N)c1cc2c(C)c(C(=O)O)oc2cc1N(C)S(C)(=O)=O. The van der Waals surface area contributed by atoms with E-state index in [0.29, 0.717) is 16.5 Å². The minimum absolute atomic E-state index is 0.171. The number of aryl methyl sites for hydroxylation is 1. The summed E-state index contributed by atoms with van der Waals surface area (Å²) < 4.78 is 29.9. The number of furan rings is 1. The highest BCUT2D eigenvalue weighted by atomic mass is 32.2. The molecule has 0 spiro atoms. The lowest BCUT2D eigenvalue weighted by molar-refractivity contribution is 0.0664. The Morgan fingerprint density at radius 2 is 1.95 bits per heavy atom. The number of hydrogen-bond acceptors (Lipinski definition) is 5. The number of aromatic carboxylic acids is 1. The Morgan fingerprint density at radius 3 is 2.41 bits per heavy atom. The standard InChI is InChI=1S/C14H16N2O5S/c1-7-9-5-10(8(2)15)11(16(3)22(4,19)20)6-12(9)21-13(7)14(17)18/h5-6,15H,1-4H3,(H,17,18). The number of fused-ring (bicyclic) bond motifs is 1. The van der Waals surface area contributed by atoms with E-state index in [1.165, 1.54) is 20.0 Å². The van der Waals surface area contributed by atoms with Gasteiger partial charge in [-0.25, -0.2) is 13.2 Å². The van der Waals surface area contributed by atoms with Crippen LogP contribution < -0.4 is 4.31 Å². The van der Waals surface area contributed by atoms with E-state index in [9.17, 15) is 13.2 Å². The molecule has 0 saturated heterocycles. The van der Waals surface area contributed by atoms with Gasteiger partial charge in [0.25, 0.3) is 0 Å². The van der Waals surface area contributed by atoms with Gasteiger partial charge in [0.15, 0.2) is 0 Å². The minimum atomic E-state index is -3.52. The van der Waals surface area contributed by atoms with Gasteiger partial charge in [0.2, 0.25) is 15.8 Å². The molecule has 118 valence electrons. The van der Waals surface area contributed by atoms with Crippen molar-refractivity contribution in [3.05, 3.63) is 29.0 Å². The smallest absolute Gasteiger partial charge is 0.372 e. The Kier molecular flexibility index (Phi) is 3.74. The molecule has 7 nitrogen and oxygen atoms in total.